The number of aromatic nitrogens is 4. The molecule has 1 unspecified atom stereocenters. The zero-order chi connectivity index (χ0) is 13.9. The first kappa shape index (κ1) is 12.8. The van der Waals surface area contributed by atoms with Crippen LogP contribution in [0.25, 0.3) is 0 Å². The second-order valence-corrected chi connectivity index (χ2v) is 4.97. The van der Waals surface area contributed by atoms with E-state index in [-0.39, 0.29) is 6.04 Å². The summed E-state index contributed by atoms with van der Waals surface area (Å²) in [5, 5.41) is 17.0. The summed E-state index contributed by atoms with van der Waals surface area (Å²) < 4.78 is 6.87. The highest BCUT2D eigenvalue weighted by Crippen LogP contribution is 2.29. The smallest absolute Gasteiger partial charge is 0.223 e. The molecule has 3 heterocycles. The first-order valence-corrected chi connectivity index (χ1v) is 6.73. The summed E-state index contributed by atoms with van der Waals surface area (Å²) >= 11 is 0. The van der Waals surface area contributed by atoms with Gasteiger partial charge in [0.05, 0.1) is 24.3 Å². The number of rotatable bonds is 4. The van der Waals surface area contributed by atoms with E-state index in [1.807, 2.05) is 6.92 Å². The molecule has 3 rings (SSSR count). The summed E-state index contributed by atoms with van der Waals surface area (Å²) in [7, 11) is 0. The lowest BCUT2D eigenvalue weighted by Gasteiger charge is -2.21. The lowest BCUT2D eigenvalue weighted by molar-refractivity contribution is 0.230. The average molecular weight is 272 g/mol. The van der Waals surface area contributed by atoms with Crippen molar-refractivity contribution in [1.29, 1.82) is 5.26 Å². The topological polar surface area (TPSA) is 83.8 Å². The molecule has 20 heavy (non-hydrogen) atoms. The molecule has 1 aliphatic rings. The number of nitrogens with zero attached hydrogens (tertiary/aromatic N) is 6. The zero-order valence-electron chi connectivity index (χ0n) is 11.4. The van der Waals surface area contributed by atoms with Gasteiger partial charge in [-0.05, 0) is 19.4 Å². The van der Waals surface area contributed by atoms with E-state index in [0.29, 0.717) is 11.5 Å². The van der Waals surface area contributed by atoms with Crippen LogP contribution in [0.2, 0.25) is 0 Å². The second kappa shape index (κ2) is 5.43. The van der Waals surface area contributed by atoms with Crippen molar-refractivity contribution in [1.82, 2.24) is 24.8 Å². The molecule has 1 aliphatic heterocycles. The van der Waals surface area contributed by atoms with Crippen LogP contribution in [0.3, 0.4) is 0 Å². The van der Waals surface area contributed by atoms with Crippen LogP contribution in [0.5, 0.6) is 0 Å². The van der Waals surface area contributed by atoms with Crippen LogP contribution >= 0.6 is 0 Å². The van der Waals surface area contributed by atoms with Gasteiger partial charge < -0.3 is 4.52 Å². The van der Waals surface area contributed by atoms with Crippen molar-refractivity contribution < 1.29 is 4.52 Å². The molecule has 2 aromatic rings. The number of likely N-dealkylation sites (tertiary alicyclic amines) is 1. The van der Waals surface area contributed by atoms with Crippen LogP contribution in [0.15, 0.2) is 16.9 Å². The van der Waals surface area contributed by atoms with Gasteiger partial charge >= 0.3 is 0 Å². The third-order valence-corrected chi connectivity index (χ3v) is 3.58. The van der Waals surface area contributed by atoms with Crippen LogP contribution in [-0.2, 0) is 6.54 Å². The average Bonchev–Trinajstić information content (AvgIpc) is 3.16. The molecular formula is C13H16N6O. The first-order valence-electron chi connectivity index (χ1n) is 6.73. The van der Waals surface area contributed by atoms with Crippen LogP contribution < -0.4 is 0 Å². The molecule has 1 atom stereocenters. The van der Waals surface area contributed by atoms with E-state index >= 15 is 0 Å². The lowest BCUT2D eigenvalue weighted by Crippen LogP contribution is -2.28. The van der Waals surface area contributed by atoms with Gasteiger partial charge in [-0.25, -0.2) is 0 Å². The Hall–Kier alpha value is -2.20. The van der Waals surface area contributed by atoms with E-state index in [4.69, 9.17) is 9.78 Å². The molecule has 0 N–H and O–H groups in total. The van der Waals surface area contributed by atoms with Gasteiger partial charge in [0, 0.05) is 19.7 Å². The minimum Gasteiger partial charge on any atom is -0.340 e. The van der Waals surface area contributed by atoms with Gasteiger partial charge in [-0.15, -0.1) is 0 Å². The Kier molecular flexibility index (Phi) is 3.48. The fourth-order valence-corrected chi connectivity index (χ4v) is 2.61. The number of aryl methyl sites for hydroxylation is 1. The molecule has 0 spiro atoms. The summed E-state index contributed by atoms with van der Waals surface area (Å²) in [6.45, 7) is 4.47. The quantitative estimate of drug-likeness (QED) is 0.833. The van der Waals surface area contributed by atoms with E-state index in [1.54, 1.807) is 17.1 Å². The molecule has 1 fully saturated rings. The van der Waals surface area contributed by atoms with Crippen molar-refractivity contribution in [2.75, 3.05) is 13.1 Å². The Balaban J connectivity index is 1.63. The summed E-state index contributed by atoms with van der Waals surface area (Å²) in [6.07, 6.45) is 5.55. The number of nitriles is 1. The van der Waals surface area contributed by atoms with E-state index in [2.05, 4.69) is 26.2 Å². The minimum atomic E-state index is 0.235. The standard InChI is InChI=1S/C13H16N6O/c1-10-16-13(17-20-10)12-3-2-4-18(12)5-6-19-9-11(7-14)8-15-19/h8-9,12H,2-6H2,1H3. The summed E-state index contributed by atoms with van der Waals surface area (Å²) in [5.74, 6) is 1.38. The van der Waals surface area contributed by atoms with Gasteiger partial charge in [-0.2, -0.15) is 15.3 Å². The molecule has 0 aliphatic carbocycles. The Labute approximate surface area is 116 Å². The Morgan fingerprint density at radius 1 is 1.50 bits per heavy atom. The van der Waals surface area contributed by atoms with Gasteiger partial charge in [-0.1, -0.05) is 5.16 Å². The molecule has 0 aromatic carbocycles. The molecular weight excluding hydrogens is 256 g/mol. The molecule has 0 radical (unpaired) electrons. The van der Waals surface area contributed by atoms with E-state index in [0.717, 1.165) is 38.3 Å². The number of hydrogen-bond acceptors (Lipinski definition) is 6. The lowest BCUT2D eigenvalue weighted by atomic mass is 10.2. The Morgan fingerprint density at radius 2 is 2.40 bits per heavy atom. The van der Waals surface area contributed by atoms with E-state index < -0.39 is 0 Å². The Bertz CT molecular complexity index is 625. The monoisotopic (exact) mass is 272 g/mol. The molecule has 7 nitrogen and oxygen atoms in total. The predicted octanol–water partition coefficient (Wildman–Crippen LogP) is 1.28. The van der Waals surface area contributed by atoms with Crippen LogP contribution in [0.1, 0.15) is 36.2 Å². The van der Waals surface area contributed by atoms with Crippen molar-refractivity contribution in [2.45, 2.75) is 32.4 Å². The molecule has 0 saturated carbocycles. The predicted molar refractivity (Wildman–Crippen MR) is 69.5 cm³/mol. The Morgan fingerprint density at radius 3 is 3.10 bits per heavy atom. The molecule has 0 amide bonds. The van der Waals surface area contributed by atoms with E-state index in [9.17, 15) is 0 Å². The highest BCUT2D eigenvalue weighted by molar-refractivity contribution is 5.21. The molecule has 1 saturated heterocycles. The van der Waals surface area contributed by atoms with Crippen molar-refractivity contribution in [3.8, 4) is 6.07 Å². The van der Waals surface area contributed by atoms with Crippen molar-refractivity contribution in [3.63, 3.8) is 0 Å². The van der Waals surface area contributed by atoms with Gasteiger partial charge in [0.1, 0.15) is 6.07 Å². The SMILES string of the molecule is Cc1nc(C2CCCN2CCn2cc(C#N)cn2)no1. The van der Waals surface area contributed by atoms with Crippen LogP contribution in [0.4, 0.5) is 0 Å². The third kappa shape index (κ3) is 2.56. The fourth-order valence-electron chi connectivity index (χ4n) is 2.61. The van der Waals surface area contributed by atoms with Crippen molar-refractivity contribution in [2.24, 2.45) is 0 Å². The van der Waals surface area contributed by atoms with Crippen LogP contribution in [0, 0.1) is 18.3 Å². The van der Waals surface area contributed by atoms with Crippen molar-refractivity contribution in [3.05, 3.63) is 29.7 Å². The maximum atomic E-state index is 8.78. The molecule has 104 valence electrons. The molecule has 7 heteroatoms. The van der Waals surface area contributed by atoms with Gasteiger partial charge in [0.15, 0.2) is 5.82 Å². The largest absolute Gasteiger partial charge is 0.340 e. The molecule has 0 bridgehead atoms. The maximum absolute atomic E-state index is 8.78. The highest BCUT2D eigenvalue weighted by atomic mass is 16.5. The van der Waals surface area contributed by atoms with Gasteiger partial charge in [0.25, 0.3) is 0 Å². The van der Waals surface area contributed by atoms with E-state index in [1.165, 1.54) is 0 Å². The summed E-state index contributed by atoms with van der Waals surface area (Å²) in [6, 6.07) is 2.32. The fraction of sp³-hybridized carbons (Fsp3) is 0.538. The van der Waals surface area contributed by atoms with Gasteiger partial charge in [0.2, 0.25) is 5.89 Å². The summed E-state index contributed by atoms with van der Waals surface area (Å²) in [4.78, 5) is 6.68. The summed E-state index contributed by atoms with van der Waals surface area (Å²) in [5.41, 5.74) is 0.594. The normalized spacial score (nSPS) is 19.3. The second-order valence-electron chi connectivity index (χ2n) is 4.97. The van der Waals surface area contributed by atoms with Crippen molar-refractivity contribution >= 4 is 0 Å². The highest BCUT2D eigenvalue weighted by Gasteiger charge is 2.29. The third-order valence-electron chi connectivity index (χ3n) is 3.58. The minimum absolute atomic E-state index is 0.235. The number of hydrogen-bond donors (Lipinski definition) is 0. The zero-order valence-corrected chi connectivity index (χ0v) is 11.4. The van der Waals surface area contributed by atoms with Crippen LogP contribution in [-0.4, -0.2) is 37.9 Å². The maximum Gasteiger partial charge on any atom is 0.223 e. The first-order chi connectivity index (χ1) is 9.76. The van der Waals surface area contributed by atoms with Gasteiger partial charge in [-0.3, -0.25) is 9.58 Å². The molecule has 2 aromatic heterocycles.